The highest BCUT2D eigenvalue weighted by atomic mass is 35.5. The minimum absolute atomic E-state index is 0.0688. The van der Waals surface area contributed by atoms with E-state index >= 15 is 0 Å². The van der Waals surface area contributed by atoms with Gasteiger partial charge in [-0.3, -0.25) is 10.1 Å². The molecule has 1 rings (SSSR count). The maximum absolute atomic E-state index is 12.6. The topological polar surface area (TPSA) is 43.1 Å². The molecule has 0 heterocycles. The molecule has 13 heavy (non-hydrogen) atoms. The smallest absolute Gasteiger partial charge is 0.258 e. The number of benzene rings is 1. The second-order valence-electron chi connectivity index (χ2n) is 2.07. The number of nitro groups is 1. The van der Waals surface area contributed by atoms with Crippen LogP contribution in [-0.2, 0) is 0 Å². The molecule has 0 radical (unpaired) electrons. The number of rotatable bonds is 1. The van der Waals surface area contributed by atoms with Crippen LogP contribution in [-0.4, -0.2) is 4.92 Å². The average molecular weight is 212 g/mol. The molecular weight excluding hydrogens is 211 g/mol. The van der Waals surface area contributed by atoms with Crippen LogP contribution in [0, 0.1) is 27.6 Å². The first-order valence-electron chi connectivity index (χ1n) is 2.92. The Bertz CT molecular complexity index is 383. The van der Waals surface area contributed by atoms with Crippen molar-refractivity contribution in [3.8, 4) is 0 Å². The largest absolute Gasteiger partial charge is 0.326 e. The molecule has 0 amide bonds. The molecule has 0 N–H and O–H groups in total. The lowest BCUT2D eigenvalue weighted by Gasteiger charge is -1.98. The molecular formula is C6HClF3NO2. The molecule has 0 bridgehead atoms. The van der Waals surface area contributed by atoms with E-state index in [1.54, 1.807) is 0 Å². The normalized spacial score (nSPS) is 10.2. The average Bonchev–Trinajstić information content (AvgIpc) is 1.99. The van der Waals surface area contributed by atoms with Gasteiger partial charge in [0, 0.05) is 6.07 Å². The van der Waals surface area contributed by atoms with Gasteiger partial charge in [0.2, 0.25) is 5.82 Å². The molecule has 0 atom stereocenters. The van der Waals surface area contributed by atoms with Gasteiger partial charge in [0.1, 0.15) is 0 Å². The molecule has 0 aromatic heterocycles. The van der Waals surface area contributed by atoms with Crippen LogP contribution in [0.1, 0.15) is 0 Å². The molecule has 0 aliphatic carbocycles. The summed E-state index contributed by atoms with van der Waals surface area (Å²) in [7, 11) is 0. The zero-order valence-corrected chi connectivity index (χ0v) is 6.61. The maximum Gasteiger partial charge on any atom is 0.326 e. The van der Waals surface area contributed by atoms with Crippen LogP contribution in [0.2, 0.25) is 5.02 Å². The highest BCUT2D eigenvalue weighted by Gasteiger charge is 2.25. The number of nitro benzene ring substituents is 1. The Labute approximate surface area is 74.9 Å². The van der Waals surface area contributed by atoms with Gasteiger partial charge in [-0.15, -0.1) is 0 Å². The van der Waals surface area contributed by atoms with E-state index in [0.29, 0.717) is 0 Å². The zero-order chi connectivity index (χ0) is 10.2. The van der Waals surface area contributed by atoms with E-state index in [1.165, 1.54) is 0 Å². The molecule has 0 spiro atoms. The van der Waals surface area contributed by atoms with Crippen molar-refractivity contribution in [3.05, 3.63) is 38.7 Å². The fraction of sp³-hybridized carbons (Fsp3) is 0. The SMILES string of the molecule is O=[N+]([O-])c1c(F)cc(F)c(F)c1Cl. The molecule has 1 aromatic rings. The van der Waals surface area contributed by atoms with Gasteiger partial charge in [0.25, 0.3) is 0 Å². The van der Waals surface area contributed by atoms with Crippen molar-refractivity contribution in [2.24, 2.45) is 0 Å². The van der Waals surface area contributed by atoms with Crippen LogP contribution in [0.25, 0.3) is 0 Å². The first-order chi connectivity index (χ1) is 5.95. The number of hydrogen-bond acceptors (Lipinski definition) is 2. The zero-order valence-electron chi connectivity index (χ0n) is 5.85. The van der Waals surface area contributed by atoms with Crippen LogP contribution < -0.4 is 0 Å². The molecule has 0 aliphatic heterocycles. The Morgan fingerprint density at radius 1 is 1.31 bits per heavy atom. The second-order valence-corrected chi connectivity index (χ2v) is 2.45. The van der Waals surface area contributed by atoms with Crippen LogP contribution >= 0.6 is 11.6 Å². The summed E-state index contributed by atoms with van der Waals surface area (Å²) in [5.74, 6) is -4.70. The Hall–Kier alpha value is -1.30. The minimum Gasteiger partial charge on any atom is -0.258 e. The summed E-state index contributed by atoms with van der Waals surface area (Å²) in [4.78, 5) is 8.88. The summed E-state index contributed by atoms with van der Waals surface area (Å²) in [6.45, 7) is 0. The van der Waals surface area contributed by atoms with Crippen LogP contribution in [0.5, 0.6) is 0 Å². The van der Waals surface area contributed by atoms with Gasteiger partial charge in [0.15, 0.2) is 16.7 Å². The Balaban J connectivity index is 3.53. The highest BCUT2D eigenvalue weighted by molar-refractivity contribution is 6.32. The van der Waals surface area contributed by atoms with Crippen molar-refractivity contribution in [3.63, 3.8) is 0 Å². The Kier molecular flexibility index (Phi) is 2.42. The summed E-state index contributed by atoms with van der Waals surface area (Å²) in [5.41, 5.74) is -1.26. The summed E-state index contributed by atoms with van der Waals surface area (Å²) in [6, 6.07) is 0.0688. The Morgan fingerprint density at radius 2 is 1.85 bits per heavy atom. The predicted molar refractivity (Wildman–Crippen MR) is 38.0 cm³/mol. The molecule has 0 unspecified atom stereocenters. The van der Waals surface area contributed by atoms with E-state index in [0.717, 1.165) is 0 Å². The second kappa shape index (κ2) is 3.21. The fourth-order valence-corrected chi connectivity index (χ4v) is 0.974. The van der Waals surface area contributed by atoms with Gasteiger partial charge in [-0.05, 0) is 0 Å². The van der Waals surface area contributed by atoms with E-state index in [4.69, 9.17) is 11.6 Å². The third-order valence-corrected chi connectivity index (χ3v) is 1.62. The van der Waals surface area contributed by atoms with Crippen molar-refractivity contribution in [1.29, 1.82) is 0 Å². The summed E-state index contributed by atoms with van der Waals surface area (Å²) in [6.07, 6.45) is 0. The molecule has 1 aromatic carbocycles. The highest BCUT2D eigenvalue weighted by Crippen LogP contribution is 2.31. The van der Waals surface area contributed by atoms with Crippen molar-refractivity contribution in [1.82, 2.24) is 0 Å². The quantitative estimate of drug-likeness (QED) is 0.310. The van der Waals surface area contributed by atoms with E-state index in [-0.39, 0.29) is 6.07 Å². The number of hydrogen-bond donors (Lipinski definition) is 0. The van der Waals surface area contributed by atoms with Crippen molar-refractivity contribution in [2.75, 3.05) is 0 Å². The lowest BCUT2D eigenvalue weighted by atomic mass is 10.3. The number of halogens is 4. The summed E-state index contributed by atoms with van der Waals surface area (Å²) in [5, 5.41) is 8.93. The van der Waals surface area contributed by atoms with Gasteiger partial charge in [0.05, 0.1) is 4.92 Å². The van der Waals surface area contributed by atoms with Crippen molar-refractivity contribution >= 4 is 17.3 Å². The van der Waals surface area contributed by atoms with Gasteiger partial charge in [-0.1, -0.05) is 11.6 Å². The summed E-state index contributed by atoms with van der Waals surface area (Å²) < 4.78 is 37.5. The van der Waals surface area contributed by atoms with Crippen LogP contribution in [0.3, 0.4) is 0 Å². The van der Waals surface area contributed by atoms with Crippen LogP contribution in [0.4, 0.5) is 18.9 Å². The third kappa shape index (κ3) is 1.57. The van der Waals surface area contributed by atoms with Crippen molar-refractivity contribution < 1.29 is 18.1 Å². The van der Waals surface area contributed by atoms with E-state index in [2.05, 4.69) is 0 Å². The van der Waals surface area contributed by atoms with Gasteiger partial charge >= 0.3 is 5.69 Å². The van der Waals surface area contributed by atoms with E-state index in [9.17, 15) is 23.3 Å². The molecule has 70 valence electrons. The summed E-state index contributed by atoms with van der Waals surface area (Å²) >= 11 is 5.00. The molecule has 3 nitrogen and oxygen atoms in total. The molecule has 0 aliphatic rings. The fourth-order valence-electron chi connectivity index (χ4n) is 0.724. The number of nitrogens with zero attached hydrogens (tertiary/aromatic N) is 1. The lowest BCUT2D eigenvalue weighted by Crippen LogP contribution is -1.98. The monoisotopic (exact) mass is 211 g/mol. The maximum atomic E-state index is 12.6. The minimum atomic E-state index is -1.63. The van der Waals surface area contributed by atoms with Gasteiger partial charge < -0.3 is 0 Å². The standard InChI is InChI=1S/C6HClF3NO2/c7-4-5(10)2(8)1-3(9)6(4)11(12)13/h1H. The first kappa shape index (κ1) is 9.79. The van der Waals surface area contributed by atoms with Crippen molar-refractivity contribution in [2.45, 2.75) is 0 Å². The molecule has 0 fully saturated rings. The molecule has 7 heteroatoms. The Morgan fingerprint density at radius 3 is 2.31 bits per heavy atom. The van der Waals surface area contributed by atoms with Crippen LogP contribution in [0.15, 0.2) is 6.07 Å². The third-order valence-electron chi connectivity index (χ3n) is 1.27. The van der Waals surface area contributed by atoms with Gasteiger partial charge in [-0.25, -0.2) is 8.78 Å². The van der Waals surface area contributed by atoms with Gasteiger partial charge in [-0.2, -0.15) is 4.39 Å². The molecule has 0 saturated carbocycles. The lowest BCUT2D eigenvalue weighted by molar-refractivity contribution is -0.387. The van der Waals surface area contributed by atoms with E-state index < -0.39 is 33.1 Å². The first-order valence-corrected chi connectivity index (χ1v) is 3.30. The molecule has 0 saturated heterocycles. The predicted octanol–water partition coefficient (Wildman–Crippen LogP) is 2.67. The van der Waals surface area contributed by atoms with E-state index in [1.807, 2.05) is 0 Å².